The van der Waals surface area contributed by atoms with Crippen molar-refractivity contribution in [2.24, 2.45) is 0 Å². The first-order chi connectivity index (χ1) is 37.1. The van der Waals surface area contributed by atoms with Gasteiger partial charge in [-0.05, 0) is 171 Å². The Morgan fingerprint density at radius 1 is 0.253 bits per heavy atom. The van der Waals surface area contributed by atoms with Crippen molar-refractivity contribution < 1.29 is 0 Å². The minimum Gasteiger partial charge on any atom is -0.310 e. The van der Waals surface area contributed by atoms with E-state index in [1.54, 1.807) is 0 Å². The van der Waals surface area contributed by atoms with Crippen LogP contribution in [0.25, 0.3) is 99.1 Å². The second-order valence-electron chi connectivity index (χ2n) is 20.1. The van der Waals surface area contributed by atoms with Gasteiger partial charge in [0, 0.05) is 22.5 Å². The molecule has 0 N–H and O–H groups in total. The topological polar surface area (TPSA) is 3.24 Å². The SMILES string of the molecule is CC1(c2ccccc2)c2ccccc2-c2ccc(N(c3ccc(-c4ccc(-c5ccc6ccccc6c5)cc4)cc3)c3ccc(-c4ccc5c(c4)c(-c4ccccc4)c(-c4ccccc4)c4ccccc45)cc3)cc21. The summed E-state index contributed by atoms with van der Waals surface area (Å²) >= 11 is 0. The van der Waals surface area contributed by atoms with Crippen molar-refractivity contribution in [2.75, 3.05) is 4.90 Å². The quantitative estimate of drug-likeness (QED) is 0.130. The Bertz CT molecular complexity index is 4260. The minimum absolute atomic E-state index is 0.331. The van der Waals surface area contributed by atoms with Gasteiger partial charge in [-0.15, -0.1) is 0 Å². The van der Waals surface area contributed by atoms with Gasteiger partial charge in [-0.25, -0.2) is 0 Å². The van der Waals surface area contributed by atoms with E-state index >= 15 is 0 Å². The summed E-state index contributed by atoms with van der Waals surface area (Å²) in [6, 6.07) is 107. The largest absolute Gasteiger partial charge is 0.310 e. The lowest BCUT2D eigenvalue weighted by Crippen LogP contribution is -2.22. The van der Waals surface area contributed by atoms with E-state index in [1.807, 2.05) is 0 Å². The zero-order valence-corrected chi connectivity index (χ0v) is 41.7. The monoisotopic (exact) mass is 953 g/mol. The van der Waals surface area contributed by atoms with E-state index in [2.05, 4.69) is 303 Å². The summed E-state index contributed by atoms with van der Waals surface area (Å²) in [5, 5.41) is 7.52. The molecule has 0 radical (unpaired) electrons. The summed E-state index contributed by atoms with van der Waals surface area (Å²) in [5.74, 6) is 0. The third-order valence-electron chi connectivity index (χ3n) is 15.9. The fraction of sp³-hybridized carbons (Fsp3) is 0.0270. The van der Waals surface area contributed by atoms with Crippen molar-refractivity contribution in [3.63, 3.8) is 0 Å². The Kier molecular flexibility index (Phi) is 10.7. The van der Waals surface area contributed by atoms with E-state index in [9.17, 15) is 0 Å². The lowest BCUT2D eigenvalue weighted by Gasteiger charge is -2.31. The Morgan fingerprint density at radius 3 is 1.35 bits per heavy atom. The maximum atomic E-state index is 2.44. The van der Waals surface area contributed by atoms with Gasteiger partial charge < -0.3 is 4.90 Å². The summed E-state index contributed by atoms with van der Waals surface area (Å²) in [6.07, 6.45) is 0. The molecule has 0 saturated heterocycles. The van der Waals surface area contributed by atoms with Crippen LogP contribution in [0.3, 0.4) is 0 Å². The maximum absolute atomic E-state index is 2.44. The molecule has 0 saturated carbocycles. The third kappa shape index (κ3) is 7.55. The van der Waals surface area contributed by atoms with E-state index in [-0.39, 0.29) is 5.41 Å². The summed E-state index contributed by atoms with van der Waals surface area (Å²) < 4.78 is 0. The highest BCUT2D eigenvalue weighted by Crippen LogP contribution is 2.54. The lowest BCUT2D eigenvalue weighted by atomic mass is 9.74. The van der Waals surface area contributed by atoms with Gasteiger partial charge in [0.2, 0.25) is 0 Å². The van der Waals surface area contributed by atoms with Crippen LogP contribution < -0.4 is 4.90 Å². The van der Waals surface area contributed by atoms with Gasteiger partial charge in [0.05, 0.1) is 0 Å². The van der Waals surface area contributed by atoms with Crippen LogP contribution in [0.2, 0.25) is 0 Å². The lowest BCUT2D eigenvalue weighted by molar-refractivity contribution is 0.714. The number of hydrogen-bond acceptors (Lipinski definition) is 1. The normalized spacial score (nSPS) is 13.7. The fourth-order valence-electron chi connectivity index (χ4n) is 12.2. The molecular formula is C74H51N. The highest BCUT2D eigenvalue weighted by molar-refractivity contribution is 6.22. The molecule has 0 heterocycles. The molecule has 0 bridgehead atoms. The first-order valence-corrected chi connectivity index (χ1v) is 26.1. The molecule has 1 unspecified atom stereocenters. The van der Waals surface area contributed by atoms with Gasteiger partial charge in [0.1, 0.15) is 0 Å². The van der Waals surface area contributed by atoms with Gasteiger partial charge in [-0.1, -0.05) is 243 Å². The zero-order chi connectivity index (χ0) is 49.9. The molecule has 1 aliphatic rings. The zero-order valence-electron chi connectivity index (χ0n) is 41.7. The smallest absolute Gasteiger partial charge is 0.0465 e. The first kappa shape index (κ1) is 44.2. The standard InChI is InChI=1S/C74H51N/c1-74(60-23-9-4-10-24-60)70-28-16-15-26-66(70)67-46-44-63(49-71(67)74)75(61-40-35-52(36-41-61)51-29-31-53(32-30-51)58-34-33-50-17-11-12-22-57(50)47-58)62-42-37-54(38-43-62)59-39-45-65-64-25-13-14-27-68(64)72(55-18-5-2-6-19-55)73(69(65)48-59)56-20-7-3-8-21-56/h2-49H,1H3. The van der Waals surface area contributed by atoms with Gasteiger partial charge in [-0.2, -0.15) is 0 Å². The van der Waals surface area contributed by atoms with E-state index in [0.717, 1.165) is 22.6 Å². The fourth-order valence-corrected chi connectivity index (χ4v) is 12.2. The van der Waals surface area contributed by atoms with Crippen LogP contribution >= 0.6 is 0 Å². The number of rotatable bonds is 9. The average molecular weight is 954 g/mol. The molecule has 1 nitrogen and oxygen atoms in total. The second kappa shape index (κ2) is 18.2. The van der Waals surface area contributed by atoms with Crippen molar-refractivity contribution in [2.45, 2.75) is 12.3 Å². The predicted molar refractivity (Wildman–Crippen MR) is 318 cm³/mol. The van der Waals surface area contributed by atoms with Crippen LogP contribution in [0.1, 0.15) is 23.6 Å². The van der Waals surface area contributed by atoms with Gasteiger partial charge in [-0.3, -0.25) is 0 Å². The maximum Gasteiger partial charge on any atom is 0.0465 e. The van der Waals surface area contributed by atoms with Crippen LogP contribution in [0.15, 0.2) is 291 Å². The number of fused-ring (bicyclic) bond motifs is 7. The summed E-state index contributed by atoms with van der Waals surface area (Å²) in [6.45, 7) is 2.40. The number of nitrogens with zero attached hydrogens (tertiary/aromatic N) is 1. The third-order valence-corrected chi connectivity index (χ3v) is 15.9. The molecule has 0 aliphatic heterocycles. The molecule has 75 heavy (non-hydrogen) atoms. The molecule has 0 fully saturated rings. The Labute approximate surface area is 438 Å². The Hall–Kier alpha value is -9.56. The number of benzene rings is 13. The Morgan fingerprint density at radius 2 is 0.693 bits per heavy atom. The minimum atomic E-state index is -0.331. The van der Waals surface area contributed by atoms with Gasteiger partial charge in [0.15, 0.2) is 0 Å². The second-order valence-corrected chi connectivity index (χ2v) is 20.1. The summed E-state index contributed by atoms with van der Waals surface area (Å²) in [4.78, 5) is 2.43. The highest BCUT2D eigenvalue weighted by atomic mass is 15.1. The van der Waals surface area contributed by atoms with E-state index in [1.165, 1.54) is 110 Å². The molecule has 1 heteroatoms. The van der Waals surface area contributed by atoms with E-state index in [0.29, 0.717) is 0 Å². The molecule has 13 aromatic carbocycles. The molecule has 1 aliphatic carbocycles. The van der Waals surface area contributed by atoms with Crippen LogP contribution in [0.4, 0.5) is 17.1 Å². The number of anilines is 3. The predicted octanol–water partition coefficient (Wildman–Crippen LogP) is 20.3. The Balaban J connectivity index is 0.882. The van der Waals surface area contributed by atoms with Crippen LogP contribution in [-0.4, -0.2) is 0 Å². The van der Waals surface area contributed by atoms with E-state index in [4.69, 9.17) is 0 Å². The van der Waals surface area contributed by atoms with Crippen LogP contribution in [0, 0.1) is 0 Å². The van der Waals surface area contributed by atoms with Crippen molar-refractivity contribution in [1.29, 1.82) is 0 Å². The van der Waals surface area contributed by atoms with Crippen molar-refractivity contribution in [3.05, 3.63) is 308 Å². The summed E-state index contributed by atoms with van der Waals surface area (Å²) in [7, 11) is 0. The summed E-state index contributed by atoms with van der Waals surface area (Å²) in [5.41, 5.74) is 21.6. The molecular weight excluding hydrogens is 903 g/mol. The average Bonchev–Trinajstić information content (AvgIpc) is 3.78. The highest BCUT2D eigenvalue weighted by Gasteiger charge is 2.41. The van der Waals surface area contributed by atoms with Crippen molar-refractivity contribution >= 4 is 49.4 Å². The van der Waals surface area contributed by atoms with Crippen molar-refractivity contribution in [1.82, 2.24) is 0 Å². The van der Waals surface area contributed by atoms with E-state index < -0.39 is 0 Å². The molecule has 0 aromatic heterocycles. The molecule has 14 rings (SSSR count). The molecule has 0 spiro atoms. The van der Waals surface area contributed by atoms with Gasteiger partial charge in [0.25, 0.3) is 0 Å². The number of hydrogen-bond donors (Lipinski definition) is 0. The first-order valence-electron chi connectivity index (χ1n) is 26.1. The van der Waals surface area contributed by atoms with Crippen LogP contribution in [0.5, 0.6) is 0 Å². The molecule has 1 atom stereocenters. The van der Waals surface area contributed by atoms with Crippen LogP contribution in [-0.2, 0) is 5.41 Å². The van der Waals surface area contributed by atoms with Crippen molar-refractivity contribution in [3.8, 4) is 66.8 Å². The molecule has 352 valence electrons. The molecule has 0 amide bonds. The molecule has 13 aromatic rings. The van der Waals surface area contributed by atoms with Gasteiger partial charge >= 0.3 is 0 Å².